The van der Waals surface area contributed by atoms with Crippen molar-refractivity contribution < 1.29 is 9.90 Å². The van der Waals surface area contributed by atoms with Crippen molar-refractivity contribution in [1.29, 1.82) is 0 Å². The van der Waals surface area contributed by atoms with Crippen molar-refractivity contribution >= 4 is 49.6 Å². The number of rotatable bonds is 5. The van der Waals surface area contributed by atoms with Crippen LogP contribution in [0.1, 0.15) is 18.4 Å². The van der Waals surface area contributed by atoms with Gasteiger partial charge in [-0.05, 0) is 73.2 Å². The predicted molar refractivity (Wildman–Crippen MR) is 174 cm³/mol. The van der Waals surface area contributed by atoms with Gasteiger partial charge >= 0.3 is 5.97 Å². The summed E-state index contributed by atoms with van der Waals surface area (Å²) < 4.78 is 4.75. The number of fused-ring (bicyclic) bond motifs is 8. The van der Waals surface area contributed by atoms with Gasteiger partial charge in [0.05, 0.1) is 28.0 Å². The van der Waals surface area contributed by atoms with Crippen molar-refractivity contribution in [3.8, 4) is 11.4 Å². The first-order chi connectivity index (χ1) is 21.1. The number of aliphatic carboxylic acids is 1. The minimum Gasteiger partial charge on any atom is -0.481 e. The first-order valence-corrected chi connectivity index (χ1v) is 15.1. The highest BCUT2D eigenvalue weighted by Gasteiger charge is 2.51. The highest BCUT2D eigenvalue weighted by atomic mass is 16.4. The second-order valence-electron chi connectivity index (χ2n) is 12.5. The molecule has 0 spiro atoms. The molecule has 5 aromatic carbocycles. The summed E-state index contributed by atoms with van der Waals surface area (Å²) in [5.41, 5.74) is 7.64. The van der Waals surface area contributed by atoms with Crippen LogP contribution < -0.4 is 0 Å². The van der Waals surface area contributed by atoms with Crippen LogP contribution in [0, 0.1) is 17.3 Å². The first-order valence-electron chi connectivity index (χ1n) is 15.1. The summed E-state index contributed by atoms with van der Waals surface area (Å²) in [6.07, 6.45) is 6.82. The molecular weight excluding hydrogens is 528 g/mol. The lowest BCUT2D eigenvalue weighted by molar-refractivity contribution is -0.144. The molecule has 0 amide bonds. The fourth-order valence-corrected chi connectivity index (χ4v) is 8.31. The van der Waals surface area contributed by atoms with Gasteiger partial charge in [0.2, 0.25) is 0 Å². The maximum atomic E-state index is 12.4. The van der Waals surface area contributed by atoms with Crippen molar-refractivity contribution in [2.75, 3.05) is 0 Å². The molecule has 1 unspecified atom stereocenters. The maximum absolute atomic E-state index is 12.4. The zero-order valence-electron chi connectivity index (χ0n) is 23.7. The highest BCUT2D eigenvalue weighted by Crippen LogP contribution is 2.55. The molecule has 2 aromatic heterocycles. The van der Waals surface area contributed by atoms with Gasteiger partial charge in [-0.2, -0.15) is 0 Å². The molecule has 7 aromatic rings. The number of carboxylic acids is 1. The van der Waals surface area contributed by atoms with Gasteiger partial charge in [0.15, 0.2) is 0 Å². The second-order valence-corrected chi connectivity index (χ2v) is 12.5. The largest absolute Gasteiger partial charge is 0.481 e. The Hall–Kier alpha value is -5.09. The van der Waals surface area contributed by atoms with Gasteiger partial charge in [-0.3, -0.25) is 4.79 Å². The molecule has 1 fully saturated rings. The van der Waals surface area contributed by atoms with Crippen molar-refractivity contribution in [3.63, 3.8) is 0 Å². The lowest BCUT2D eigenvalue weighted by atomic mass is 9.73. The fourth-order valence-electron chi connectivity index (χ4n) is 8.31. The van der Waals surface area contributed by atoms with Crippen LogP contribution in [0.2, 0.25) is 0 Å². The standard InChI is InChI=1S/C39H30N2O2/c42-38(43)33-21-25-17-18-39(33,23-25)24-26-19-27(40-34-13-5-1-9-29(34)30-10-2-6-14-35(30)40)22-28(20-26)41-36-15-7-3-11-31(36)32-12-4-8-16-37(32)41/h1-20,22,25,33H,21,23-24H2,(H,42,43)/t25-,33?,39-/m0/s1. The summed E-state index contributed by atoms with van der Waals surface area (Å²) in [6, 6.07) is 41.3. The van der Waals surface area contributed by atoms with E-state index in [0.29, 0.717) is 12.3 Å². The van der Waals surface area contributed by atoms with E-state index in [0.717, 1.165) is 51.8 Å². The third kappa shape index (κ3) is 3.53. The molecule has 9 rings (SSSR count). The monoisotopic (exact) mass is 558 g/mol. The summed E-state index contributed by atoms with van der Waals surface area (Å²) in [5.74, 6) is -0.664. The van der Waals surface area contributed by atoms with Gasteiger partial charge in [-0.1, -0.05) is 84.9 Å². The molecule has 2 aliphatic carbocycles. The molecule has 0 aliphatic heterocycles. The molecule has 1 N–H and O–H groups in total. The Bertz CT molecular complexity index is 2050. The summed E-state index contributed by atoms with van der Waals surface area (Å²) in [5, 5.41) is 15.1. The lowest BCUT2D eigenvalue weighted by Gasteiger charge is -2.30. The van der Waals surface area contributed by atoms with Gasteiger partial charge in [0.1, 0.15) is 0 Å². The average Bonchev–Trinajstić information content (AvgIpc) is 3.78. The zero-order valence-corrected chi connectivity index (χ0v) is 23.7. The maximum Gasteiger partial charge on any atom is 0.307 e. The molecule has 208 valence electrons. The van der Waals surface area contributed by atoms with Crippen LogP contribution in [0.4, 0.5) is 0 Å². The Labute approximate surface area is 249 Å². The summed E-state index contributed by atoms with van der Waals surface area (Å²) in [6.45, 7) is 0. The molecule has 4 nitrogen and oxygen atoms in total. The van der Waals surface area contributed by atoms with E-state index in [2.05, 4.69) is 137 Å². The molecular formula is C39H30N2O2. The Morgan fingerprint density at radius 3 is 1.53 bits per heavy atom. The minimum absolute atomic E-state index is 0.351. The number of aromatic nitrogens is 2. The highest BCUT2D eigenvalue weighted by molar-refractivity contribution is 6.10. The van der Waals surface area contributed by atoms with E-state index in [1.54, 1.807) is 0 Å². The SMILES string of the molecule is O=C(O)C1C[C@@H]2C=C[C@@]1(Cc1cc(-n3c4ccccc4c4ccccc43)cc(-n3c4ccccc4c4ccccc43)c1)C2. The predicted octanol–water partition coefficient (Wildman–Crippen LogP) is 9.09. The molecule has 2 heterocycles. The third-order valence-electron chi connectivity index (χ3n) is 10.0. The number of carboxylic acid groups (broad SMARTS) is 1. The van der Waals surface area contributed by atoms with E-state index < -0.39 is 5.97 Å². The van der Waals surface area contributed by atoms with Crippen LogP contribution in [-0.4, -0.2) is 20.2 Å². The molecule has 2 bridgehead atoms. The van der Waals surface area contributed by atoms with Crippen molar-refractivity contribution in [2.24, 2.45) is 17.3 Å². The molecule has 4 heteroatoms. The Morgan fingerprint density at radius 2 is 1.12 bits per heavy atom. The van der Waals surface area contributed by atoms with E-state index in [-0.39, 0.29) is 11.3 Å². The minimum atomic E-state index is -0.673. The number of carbonyl (C=O) groups is 1. The number of hydrogen-bond acceptors (Lipinski definition) is 1. The van der Waals surface area contributed by atoms with Crippen molar-refractivity contribution in [1.82, 2.24) is 9.13 Å². The lowest BCUT2D eigenvalue weighted by Crippen LogP contribution is -2.31. The van der Waals surface area contributed by atoms with Crippen LogP contribution in [0.15, 0.2) is 127 Å². The van der Waals surface area contributed by atoms with Crippen LogP contribution in [0.5, 0.6) is 0 Å². The van der Waals surface area contributed by atoms with E-state index >= 15 is 0 Å². The molecule has 0 radical (unpaired) electrons. The van der Waals surface area contributed by atoms with Crippen LogP contribution in [0.25, 0.3) is 55.0 Å². The number of nitrogens with zero attached hydrogens (tertiary/aromatic N) is 2. The Kier molecular flexibility index (Phi) is 5.10. The van der Waals surface area contributed by atoms with Crippen molar-refractivity contribution in [2.45, 2.75) is 19.3 Å². The summed E-state index contributed by atoms with van der Waals surface area (Å²) >= 11 is 0. The average molecular weight is 559 g/mol. The quantitative estimate of drug-likeness (QED) is 0.214. The molecule has 1 saturated carbocycles. The van der Waals surface area contributed by atoms with Gasteiger partial charge in [0, 0.05) is 38.3 Å². The number of allylic oxidation sites excluding steroid dienone is 2. The van der Waals surface area contributed by atoms with Crippen molar-refractivity contribution in [3.05, 3.63) is 133 Å². The van der Waals surface area contributed by atoms with Gasteiger partial charge in [-0.25, -0.2) is 0 Å². The smallest absolute Gasteiger partial charge is 0.307 e. The van der Waals surface area contributed by atoms with E-state index in [9.17, 15) is 9.90 Å². The fraction of sp³-hybridized carbons (Fsp3) is 0.154. The topological polar surface area (TPSA) is 47.2 Å². The Balaban J connectivity index is 1.34. The van der Waals surface area contributed by atoms with E-state index in [1.165, 1.54) is 21.5 Å². The van der Waals surface area contributed by atoms with Crippen LogP contribution >= 0.6 is 0 Å². The van der Waals surface area contributed by atoms with Crippen LogP contribution in [-0.2, 0) is 11.2 Å². The number of hydrogen-bond donors (Lipinski definition) is 1. The molecule has 2 aliphatic rings. The Morgan fingerprint density at radius 1 is 0.674 bits per heavy atom. The second kappa shape index (κ2) is 8.95. The van der Waals surface area contributed by atoms with Gasteiger partial charge < -0.3 is 14.2 Å². The molecule has 3 atom stereocenters. The van der Waals surface area contributed by atoms with Crippen LogP contribution in [0.3, 0.4) is 0 Å². The molecule has 0 saturated heterocycles. The van der Waals surface area contributed by atoms with E-state index in [1.807, 2.05) is 0 Å². The van der Waals surface area contributed by atoms with Gasteiger partial charge in [-0.15, -0.1) is 0 Å². The van der Waals surface area contributed by atoms with Gasteiger partial charge in [0.25, 0.3) is 0 Å². The normalized spacial score (nSPS) is 21.1. The summed E-state index contributed by atoms with van der Waals surface area (Å²) in [7, 11) is 0. The van der Waals surface area contributed by atoms with E-state index in [4.69, 9.17) is 0 Å². The number of benzene rings is 5. The first kappa shape index (κ1) is 24.5. The molecule has 43 heavy (non-hydrogen) atoms. The number of para-hydroxylation sites is 4. The summed E-state index contributed by atoms with van der Waals surface area (Å²) in [4.78, 5) is 12.4. The zero-order chi connectivity index (χ0) is 28.7. The third-order valence-corrected chi connectivity index (χ3v) is 10.0.